The van der Waals surface area contributed by atoms with Gasteiger partial charge in [-0.3, -0.25) is 4.79 Å². The minimum absolute atomic E-state index is 0.0555. The predicted octanol–water partition coefficient (Wildman–Crippen LogP) is 2.23. The summed E-state index contributed by atoms with van der Waals surface area (Å²) in [6.07, 6.45) is 0. The Kier molecular flexibility index (Phi) is 3.31. The molecule has 1 fully saturated rings. The van der Waals surface area contributed by atoms with Crippen molar-refractivity contribution in [3.05, 3.63) is 35.9 Å². The third-order valence-corrected chi connectivity index (χ3v) is 4.17. The van der Waals surface area contributed by atoms with Gasteiger partial charge >= 0.3 is 0 Å². The highest BCUT2D eigenvalue weighted by atomic mass is 32.2. The van der Waals surface area contributed by atoms with Gasteiger partial charge in [-0.05, 0) is 5.56 Å². The van der Waals surface area contributed by atoms with Gasteiger partial charge in [-0.1, -0.05) is 37.3 Å². The van der Waals surface area contributed by atoms with Crippen LogP contribution in [0.3, 0.4) is 0 Å². The summed E-state index contributed by atoms with van der Waals surface area (Å²) < 4.78 is 0. The Morgan fingerprint density at radius 3 is 2.80 bits per heavy atom. The maximum Gasteiger partial charge on any atom is 0.224 e. The molecule has 1 aliphatic heterocycles. The minimum atomic E-state index is 0.0555. The molecule has 15 heavy (non-hydrogen) atoms. The number of benzene rings is 1. The Hall–Kier alpha value is -0.960. The monoisotopic (exact) mass is 221 g/mol. The average molecular weight is 221 g/mol. The van der Waals surface area contributed by atoms with Crippen LogP contribution in [-0.2, 0) is 4.79 Å². The van der Waals surface area contributed by atoms with E-state index in [0.29, 0.717) is 5.25 Å². The van der Waals surface area contributed by atoms with E-state index in [0.717, 1.165) is 12.3 Å². The molecule has 0 spiro atoms. The molecule has 1 N–H and O–H groups in total. The van der Waals surface area contributed by atoms with E-state index < -0.39 is 0 Å². The van der Waals surface area contributed by atoms with Gasteiger partial charge in [0.05, 0.1) is 5.92 Å². The van der Waals surface area contributed by atoms with E-state index >= 15 is 0 Å². The summed E-state index contributed by atoms with van der Waals surface area (Å²) in [5.41, 5.74) is 1.26. The molecule has 0 unspecified atom stereocenters. The van der Waals surface area contributed by atoms with E-state index in [1.165, 1.54) is 5.56 Å². The van der Waals surface area contributed by atoms with Crippen molar-refractivity contribution in [2.45, 2.75) is 12.2 Å². The van der Waals surface area contributed by atoms with Gasteiger partial charge in [0.2, 0.25) is 5.91 Å². The van der Waals surface area contributed by atoms with Crippen molar-refractivity contribution in [1.29, 1.82) is 0 Å². The molecule has 0 saturated carbocycles. The van der Waals surface area contributed by atoms with Crippen molar-refractivity contribution in [1.82, 2.24) is 5.32 Å². The molecular formula is C12H15NOS. The number of nitrogens with one attached hydrogen (secondary N) is 1. The van der Waals surface area contributed by atoms with Crippen molar-refractivity contribution in [3.8, 4) is 0 Å². The number of carbonyl (C=O) groups excluding carboxylic acids is 1. The summed E-state index contributed by atoms with van der Waals surface area (Å²) in [5.74, 6) is 1.23. The van der Waals surface area contributed by atoms with Gasteiger partial charge in [-0.25, -0.2) is 0 Å². The van der Waals surface area contributed by atoms with Crippen molar-refractivity contribution in [2.75, 3.05) is 12.3 Å². The fourth-order valence-corrected chi connectivity index (χ4v) is 3.07. The number of amides is 1. The maximum atomic E-state index is 11.7. The first kappa shape index (κ1) is 10.6. The molecule has 1 aromatic carbocycles. The van der Waals surface area contributed by atoms with Gasteiger partial charge in [0.1, 0.15) is 0 Å². The van der Waals surface area contributed by atoms with Crippen LogP contribution in [0.2, 0.25) is 0 Å². The van der Waals surface area contributed by atoms with E-state index in [1.54, 1.807) is 0 Å². The molecule has 2 atom stereocenters. The molecule has 2 nitrogen and oxygen atoms in total. The van der Waals surface area contributed by atoms with Gasteiger partial charge in [0.25, 0.3) is 0 Å². The minimum Gasteiger partial charge on any atom is -0.355 e. The van der Waals surface area contributed by atoms with E-state index in [-0.39, 0.29) is 11.8 Å². The second-order valence-corrected chi connectivity index (χ2v) is 5.03. The Morgan fingerprint density at radius 1 is 1.33 bits per heavy atom. The lowest BCUT2D eigenvalue weighted by atomic mass is 10.00. The Morgan fingerprint density at radius 2 is 2.07 bits per heavy atom. The first-order chi connectivity index (χ1) is 7.29. The third kappa shape index (κ3) is 2.34. The largest absolute Gasteiger partial charge is 0.355 e. The Balaban J connectivity index is 2.23. The quantitative estimate of drug-likeness (QED) is 0.788. The molecule has 1 saturated heterocycles. The number of carbonyl (C=O) groups is 1. The molecule has 1 aromatic rings. The Bertz CT molecular complexity index is 339. The molecule has 80 valence electrons. The van der Waals surface area contributed by atoms with Crippen molar-refractivity contribution in [2.24, 2.45) is 5.92 Å². The van der Waals surface area contributed by atoms with Crippen LogP contribution in [0.15, 0.2) is 30.3 Å². The smallest absolute Gasteiger partial charge is 0.224 e. The summed E-state index contributed by atoms with van der Waals surface area (Å²) in [5, 5.41) is 3.23. The van der Waals surface area contributed by atoms with E-state index in [1.807, 2.05) is 36.9 Å². The van der Waals surface area contributed by atoms with E-state index in [4.69, 9.17) is 0 Å². The summed E-state index contributed by atoms with van der Waals surface area (Å²) in [6.45, 7) is 2.79. The SMILES string of the molecule is C[C@@H]1C(=O)NCCS[C@@H]1c1ccccc1. The molecule has 0 aromatic heterocycles. The summed E-state index contributed by atoms with van der Waals surface area (Å²) in [7, 11) is 0. The molecule has 0 bridgehead atoms. The molecule has 1 heterocycles. The first-order valence-electron chi connectivity index (χ1n) is 5.23. The summed E-state index contributed by atoms with van der Waals surface area (Å²) >= 11 is 1.87. The van der Waals surface area contributed by atoms with Gasteiger partial charge < -0.3 is 5.32 Å². The number of rotatable bonds is 1. The second kappa shape index (κ2) is 4.71. The Labute approximate surface area is 94.4 Å². The lowest BCUT2D eigenvalue weighted by molar-refractivity contribution is -0.124. The highest BCUT2D eigenvalue weighted by Crippen LogP contribution is 2.36. The standard InChI is InChI=1S/C12H15NOS/c1-9-11(10-5-3-2-4-6-10)15-8-7-13-12(9)14/h2-6,9,11H,7-8H2,1H3,(H,13,14)/t9-,11-/m0/s1. The van der Waals surface area contributed by atoms with Crippen LogP contribution in [-0.4, -0.2) is 18.2 Å². The highest BCUT2D eigenvalue weighted by molar-refractivity contribution is 7.99. The number of thioether (sulfide) groups is 1. The van der Waals surface area contributed by atoms with E-state index in [2.05, 4.69) is 17.4 Å². The fourth-order valence-electron chi connectivity index (χ4n) is 1.83. The molecule has 2 rings (SSSR count). The highest BCUT2D eigenvalue weighted by Gasteiger charge is 2.27. The number of hydrogen-bond donors (Lipinski definition) is 1. The summed E-state index contributed by atoms with van der Waals surface area (Å²) in [4.78, 5) is 11.7. The van der Waals surface area contributed by atoms with Crippen molar-refractivity contribution in [3.63, 3.8) is 0 Å². The van der Waals surface area contributed by atoms with E-state index in [9.17, 15) is 4.79 Å². The van der Waals surface area contributed by atoms with Crippen LogP contribution < -0.4 is 5.32 Å². The zero-order chi connectivity index (χ0) is 10.7. The van der Waals surface area contributed by atoms with Crippen LogP contribution in [0.4, 0.5) is 0 Å². The topological polar surface area (TPSA) is 29.1 Å². The fraction of sp³-hybridized carbons (Fsp3) is 0.417. The summed E-state index contributed by atoms with van der Waals surface area (Å²) in [6, 6.07) is 10.3. The van der Waals surface area contributed by atoms with Crippen LogP contribution in [0.25, 0.3) is 0 Å². The van der Waals surface area contributed by atoms with Crippen molar-refractivity contribution >= 4 is 17.7 Å². The van der Waals surface area contributed by atoms with Crippen LogP contribution in [0, 0.1) is 5.92 Å². The van der Waals surface area contributed by atoms with Crippen LogP contribution in [0.1, 0.15) is 17.7 Å². The lowest BCUT2D eigenvalue weighted by Crippen LogP contribution is -2.29. The molecule has 1 aliphatic rings. The van der Waals surface area contributed by atoms with Gasteiger partial charge in [0, 0.05) is 17.5 Å². The first-order valence-corrected chi connectivity index (χ1v) is 6.28. The van der Waals surface area contributed by atoms with Crippen LogP contribution >= 0.6 is 11.8 Å². The maximum absolute atomic E-state index is 11.7. The molecule has 0 radical (unpaired) electrons. The lowest BCUT2D eigenvalue weighted by Gasteiger charge is -2.19. The third-order valence-electron chi connectivity index (χ3n) is 2.69. The zero-order valence-electron chi connectivity index (χ0n) is 8.77. The van der Waals surface area contributed by atoms with Gasteiger partial charge in [-0.15, -0.1) is 0 Å². The second-order valence-electron chi connectivity index (χ2n) is 3.78. The number of hydrogen-bond acceptors (Lipinski definition) is 2. The normalized spacial score (nSPS) is 26.9. The van der Waals surface area contributed by atoms with Crippen molar-refractivity contribution < 1.29 is 4.79 Å². The predicted molar refractivity (Wildman–Crippen MR) is 63.8 cm³/mol. The molecule has 1 amide bonds. The van der Waals surface area contributed by atoms with Gasteiger partial charge in [-0.2, -0.15) is 11.8 Å². The zero-order valence-corrected chi connectivity index (χ0v) is 9.59. The molecule has 3 heteroatoms. The molecular weight excluding hydrogens is 206 g/mol. The molecule has 0 aliphatic carbocycles. The van der Waals surface area contributed by atoms with Crippen LogP contribution in [0.5, 0.6) is 0 Å². The average Bonchev–Trinajstić information content (AvgIpc) is 2.44. The van der Waals surface area contributed by atoms with Gasteiger partial charge in [0.15, 0.2) is 0 Å².